The van der Waals surface area contributed by atoms with Crippen molar-refractivity contribution in [3.05, 3.63) is 48.2 Å². The predicted octanol–water partition coefficient (Wildman–Crippen LogP) is 3.33. The Morgan fingerprint density at radius 1 is 1.24 bits per heavy atom. The molecular formula is C19H25N3O3. The van der Waals surface area contributed by atoms with Crippen molar-refractivity contribution >= 4 is 17.4 Å². The number of hydrogen-bond donors (Lipinski definition) is 1. The van der Waals surface area contributed by atoms with Crippen molar-refractivity contribution in [2.24, 2.45) is 0 Å². The minimum atomic E-state index is -0.0716. The second-order valence-corrected chi connectivity index (χ2v) is 5.56. The fourth-order valence-electron chi connectivity index (χ4n) is 2.37. The Balaban J connectivity index is 2.10. The van der Waals surface area contributed by atoms with Gasteiger partial charge in [0.2, 0.25) is 0 Å². The Hall–Kier alpha value is -2.60. The van der Waals surface area contributed by atoms with Gasteiger partial charge in [0.15, 0.2) is 0 Å². The number of rotatable bonds is 9. The number of anilines is 2. The van der Waals surface area contributed by atoms with Gasteiger partial charge in [0.1, 0.15) is 11.6 Å². The van der Waals surface area contributed by atoms with Crippen molar-refractivity contribution in [2.75, 3.05) is 39.2 Å². The lowest BCUT2D eigenvalue weighted by atomic mass is 10.2. The molecule has 0 saturated heterocycles. The molecule has 0 atom stereocenters. The molecule has 0 aliphatic rings. The van der Waals surface area contributed by atoms with Gasteiger partial charge in [-0.3, -0.25) is 4.79 Å². The average Bonchev–Trinajstić information content (AvgIpc) is 2.63. The molecule has 6 heteroatoms. The third-order valence-corrected chi connectivity index (χ3v) is 3.65. The normalized spacial score (nSPS) is 10.4. The number of hydrogen-bond acceptors (Lipinski definition) is 5. The number of carbonyl (C=O) groups excluding carboxylic acids is 1. The van der Waals surface area contributed by atoms with Gasteiger partial charge >= 0.3 is 0 Å². The molecule has 0 unspecified atom stereocenters. The minimum absolute atomic E-state index is 0.0716. The van der Waals surface area contributed by atoms with Crippen LogP contribution in [0.1, 0.15) is 23.7 Å². The molecule has 0 radical (unpaired) electrons. The van der Waals surface area contributed by atoms with Crippen LogP contribution in [0.5, 0.6) is 5.75 Å². The maximum Gasteiger partial charge on any atom is 0.257 e. The first-order valence-corrected chi connectivity index (χ1v) is 8.35. The Bertz CT molecular complexity index is 674. The van der Waals surface area contributed by atoms with Crippen LogP contribution in [0.3, 0.4) is 0 Å². The number of methoxy groups -OCH3 is 1. The molecule has 2 aromatic rings. The molecule has 0 bridgehead atoms. The molecule has 0 fully saturated rings. The summed E-state index contributed by atoms with van der Waals surface area (Å²) in [6, 6.07) is 11.1. The highest BCUT2D eigenvalue weighted by Crippen LogP contribution is 2.22. The summed E-state index contributed by atoms with van der Waals surface area (Å²) in [5, 5.41) is 3.21. The van der Waals surface area contributed by atoms with Crippen molar-refractivity contribution in [2.45, 2.75) is 13.3 Å². The van der Waals surface area contributed by atoms with Crippen LogP contribution in [0.25, 0.3) is 0 Å². The fraction of sp³-hybridized carbons (Fsp3) is 0.368. The Morgan fingerprint density at radius 3 is 2.68 bits per heavy atom. The van der Waals surface area contributed by atoms with E-state index in [9.17, 15) is 4.79 Å². The molecule has 0 saturated carbocycles. The maximum atomic E-state index is 12.7. The van der Waals surface area contributed by atoms with Gasteiger partial charge in [-0.05, 0) is 49.7 Å². The molecule has 0 aliphatic carbocycles. The number of aromatic nitrogens is 1. The Morgan fingerprint density at radius 2 is 2.00 bits per heavy atom. The molecule has 1 N–H and O–H groups in total. The Kier molecular flexibility index (Phi) is 7.22. The second kappa shape index (κ2) is 9.64. The first-order valence-electron chi connectivity index (χ1n) is 8.35. The number of amides is 1. The van der Waals surface area contributed by atoms with E-state index in [1.54, 1.807) is 37.4 Å². The smallest absolute Gasteiger partial charge is 0.257 e. The first-order chi connectivity index (χ1) is 12.2. The van der Waals surface area contributed by atoms with E-state index in [1.165, 1.54) is 0 Å². The average molecular weight is 343 g/mol. The van der Waals surface area contributed by atoms with Crippen molar-refractivity contribution in [1.82, 2.24) is 9.88 Å². The van der Waals surface area contributed by atoms with E-state index >= 15 is 0 Å². The number of nitrogens with one attached hydrogen (secondary N) is 1. The quantitative estimate of drug-likeness (QED) is 0.708. The number of nitrogens with zero attached hydrogens (tertiary/aromatic N) is 2. The van der Waals surface area contributed by atoms with Crippen LogP contribution in [-0.2, 0) is 4.74 Å². The third kappa shape index (κ3) is 5.46. The topological polar surface area (TPSA) is 63.7 Å². The lowest BCUT2D eigenvalue weighted by Crippen LogP contribution is -2.29. The van der Waals surface area contributed by atoms with E-state index in [-0.39, 0.29) is 5.91 Å². The monoisotopic (exact) mass is 343 g/mol. The maximum absolute atomic E-state index is 12.7. The molecule has 0 aliphatic heterocycles. The van der Waals surface area contributed by atoms with Crippen LogP contribution in [0, 0.1) is 0 Å². The van der Waals surface area contributed by atoms with Crippen LogP contribution in [0.15, 0.2) is 42.6 Å². The van der Waals surface area contributed by atoms with Gasteiger partial charge in [-0.15, -0.1) is 0 Å². The molecule has 6 nitrogen and oxygen atoms in total. The van der Waals surface area contributed by atoms with Crippen molar-refractivity contribution in [3.63, 3.8) is 0 Å². The van der Waals surface area contributed by atoms with E-state index in [0.29, 0.717) is 31.1 Å². The van der Waals surface area contributed by atoms with E-state index in [4.69, 9.17) is 9.47 Å². The summed E-state index contributed by atoms with van der Waals surface area (Å²) in [5.41, 5.74) is 1.38. The largest absolute Gasteiger partial charge is 0.494 e. The van der Waals surface area contributed by atoms with Gasteiger partial charge in [0.05, 0.1) is 12.2 Å². The molecule has 2 rings (SSSR count). The fourth-order valence-corrected chi connectivity index (χ4v) is 2.37. The highest BCUT2D eigenvalue weighted by Gasteiger charge is 2.16. The highest BCUT2D eigenvalue weighted by atomic mass is 16.5. The summed E-state index contributed by atoms with van der Waals surface area (Å²) in [5.74, 6) is 1.27. The van der Waals surface area contributed by atoms with E-state index in [2.05, 4.69) is 10.3 Å². The van der Waals surface area contributed by atoms with Crippen molar-refractivity contribution in [3.8, 4) is 5.75 Å². The summed E-state index contributed by atoms with van der Waals surface area (Å²) in [4.78, 5) is 18.7. The highest BCUT2D eigenvalue weighted by molar-refractivity contribution is 5.99. The van der Waals surface area contributed by atoms with Gasteiger partial charge in [0, 0.05) is 39.2 Å². The molecule has 1 amide bonds. The number of pyridine rings is 1. The Labute approximate surface area is 148 Å². The molecule has 0 spiro atoms. The molecule has 25 heavy (non-hydrogen) atoms. The van der Waals surface area contributed by atoms with Crippen molar-refractivity contribution < 1.29 is 14.3 Å². The zero-order valence-electron chi connectivity index (χ0n) is 15.0. The summed E-state index contributed by atoms with van der Waals surface area (Å²) in [6.07, 6.45) is 2.46. The van der Waals surface area contributed by atoms with E-state index in [0.717, 1.165) is 17.9 Å². The van der Waals surface area contributed by atoms with E-state index in [1.807, 2.05) is 31.2 Å². The van der Waals surface area contributed by atoms with Crippen LogP contribution >= 0.6 is 0 Å². The summed E-state index contributed by atoms with van der Waals surface area (Å²) < 4.78 is 10.5. The van der Waals surface area contributed by atoms with Crippen LogP contribution in [-0.4, -0.2) is 49.7 Å². The van der Waals surface area contributed by atoms with Crippen molar-refractivity contribution in [1.29, 1.82) is 0 Å². The standard InChI is InChI=1S/C19H25N3O3/c1-4-25-16-10-8-15(9-11-16)21-18-17(7-5-12-20-18)19(23)22(2)13-6-14-24-3/h5,7-12H,4,6,13-14H2,1-3H3,(H,20,21). The SMILES string of the molecule is CCOc1ccc(Nc2ncccc2C(=O)N(C)CCCOC)cc1. The van der Waals surface area contributed by atoms with Gasteiger partial charge in [0.25, 0.3) is 5.91 Å². The van der Waals surface area contributed by atoms with E-state index < -0.39 is 0 Å². The zero-order valence-corrected chi connectivity index (χ0v) is 15.0. The molecule has 1 aromatic heterocycles. The second-order valence-electron chi connectivity index (χ2n) is 5.56. The summed E-state index contributed by atoms with van der Waals surface area (Å²) >= 11 is 0. The van der Waals surface area contributed by atoms with Gasteiger partial charge < -0.3 is 19.7 Å². The minimum Gasteiger partial charge on any atom is -0.494 e. The third-order valence-electron chi connectivity index (χ3n) is 3.65. The van der Waals surface area contributed by atoms with Crippen LogP contribution in [0.2, 0.25) is 0 Å². The lowest BCUT2D eigenvalue weighted by molar-refractivity contribution is 0.0780. The predicted molar refractivity (Wildman–Crippen MR) is 98.6 cm³/mol. The number of benzene rings is 1. The van der Waals surface area contributed by atoms with Crippen LogP contribution in [0.4, 0.5) is 11.5 Å². The number of carbonyl (C=O) groups is 1. The molecule has 1 aromatic carbocycles. The van der Waals surface area contributed by atoms with Gasteiger partial charge in [-0.25, -0.2) is 4.98 Å². The first kappa shape index (κ1) is 18.7. The molecule has 1 heterocycles. The lowest BCUT2D eigenvalue weighted by Gasteiger charge is -2.19. The summed E-state index contributed by atoms with van der Waals surface area (Å²) in [6.45, 7) is 3.83. The molecule has 134 valence electrons. The van der Waals surface area contributed by atoms with Gasteiger partial charge in [-0.2, -0.15) is 0 Å². The molecular weight excluding hydrogens is 318 g/mol. The zero-order chi connectivity index (χ0) is 18.1. The number of ether oxygens (including phenoxy) is 2. The van der Waals surface area contributed by atoms with Gasteiger partial charge in [-0.1, -0.05) is 0 Å². The van der Waals surface area contributed by atoms with Crippen LogP contribution < -0.4 is 10.1 Å². The summed E-state index contributed by atoms with van der Waals surface area (Å²) in [7, 11) is 3.44.